The number of nitrogens with zero attached hydrogens (tertiary/aromatic N) is 1. The highest BCUT2D eigenvalue weighted by atomic mass is 16.5. The van der Waals surface area contributed by atoms with Gasteiger partial charge in [-0.1, -0.05) is 19.1 Å². The molecule has 1 atom stereocenters. The van der Waals surface area contributed by atoms with E-state index < -0.39 is 11.6 Å². The third-order valence-electron chi connectivity index (χ3n) is 3.77. The van der Waals surface area contributed by atoms with Crippen molar-refractivity contribution in [2.75, 3.05) is 18.1 Å². The van der Waals surface area contributed by atoms with Gasteiger partial charge in [-0.2, -0.15) is 0 Å². The fraction of sp³-hybridized carbons (Fsp3) is 0.529. The maximum absolute atomic E-state index is 12.5. The number of fused-ring (bicyclic) bond motifs is 1. The molecule has 0 saturated carbocycles. The van der Waals surface area contributed by atoms with E-state index >= 15 is 0 Å². The SMILES string of the molecule is CCC1Oc2ccccc2N(CCC(=O)NC(C)(C)CO)C1=O. The van der Waals surface area contributed by atoms with Crippen LogP contribution < -0.4 is 15.0 Å². The first kappa shape index (κ1) is 17.3. The molecule has 0 aliphatic carbocycles. The molecule has 1 aliphatic heterocycles. The number of carbonyl (C=O) groups excluding carboxylic acids is 2. The van der Waals surface area contributed by atoms with Crippen LogP contribution in [0.5, 0.6) is 5.75 Å². The summed E-state index contributed by atoms with van der Waals surface area (Å²) < 4.78 is 5.70. The van der Waals surface area contributed by atoms with Gasteiger partial charge >= 0.3 is 0 Å². The van der Waals surface area contributed by atoms with Crippen molar-refractivity contribution in [3.8, 4) is 5.75 Å². The Morgan fingerprint density at radius 3 is 2.74 bits per heavy atom. The zero-order valence-corrected chi connectivity index (χ0v) is 13.8. The molecule has 0 aromatic heterocycles. The molecule has 0 saturated heterocycles. The monoisotopic (exact) mass is 320 g/mol. The van der Waals surface area contributed by atoms with Crippen molar-refractivity contribution >= 4 is 17.5 Å². The molecule has 1 aliphatic rings. The van der Waals surface area contributed by atoms with Crippen LogP contribution in [0.4, 0.5) is 5.69 Å². The highest BCUT2D eigenvalue weighted by molar-refractivity contribution is 6.00. The van der Waals surface area contributed by atoms with Crippen LogP contribution in [0, 0.1) is 0 Å². The van der Waals surface area contributed by atoms with E-state index in [-0.39, 0.29) is 31.4 Å². The van der Waals surface area contributed by atoms with Crippen LogP contribution in [0.3, 0.4) is 0 Å². The van der Waals surface area contributed by atoms with E-state index in [0.717, 1.165) is 0 Å². The van der Waals surface area contributed by atoms with Crippen molar-refractivity contribution in [2.45, 2.75) is 45.3 Å². The van der Waals surface area contributed by atoms with E-state index in [0.29, 0.717) is 17.9 Å². The molecule has 1 aromatic carbocycles. The second-order valence-electron chi connectivity index (χ2n) is 6.31. The third kappa shape index (κ3) is 4.01. The Labute approximate surface area is 136 Å². The van der Waals surface area contributed by atoms with Crippen molar-refractivity contribution in [3.05, 3.63) is 24.3 Å². The van der Waals surface area contributed by atoms with Crippen molar-refractivity contribution in [3.63, 3.8) is 0 Å². The zero-order chi connectivity index (χ0) is 17.0. The lowest BCUT2D eigenvalue weighted by Gasteiger charge is -2.34. The third-order valence-corrected chi connectivity index (χ3v) is 3.77. The minimum Gasteiger partial charge on any atom is -0.478 e. The van der Waals surface area contributed by atoms with Crippen LogP contribution in [-0.2, 0) is 9.59 Å². The van der Waals surface area contributed by atoms with Gasteiger partial charge in [-0.3, -0.25) is 9.59 Å². The summed E-state index contributed by atoms with van der Waals surface area (Å²) in [7, 11) is 0. The van der Waals surface area contributed by atoms with Crippen LogP contribution in [0.15, 0.2) is 24.3 Å². The molecule has 0 radical (unpaired) electrons. The number of ether oxygens (including phenoxy) is 1. The molecule has 6 heteroatoms. The Morgan fingerprint density at radius 1 is 1.39 bits per heavy atom. The molecule has 23 heavy (non-hydrogen) atoms. The number of para-hydroxylation sites is 2. The molecular formula is C17H24N2O4. The highest BCUT2D eigenvalue weighted by Gasteiger charge is 2.33. The average Bonchev–Trinajstić information content (AvgIpc) is 2.53. The van der Waals surface area contributed by atoms with E-state index in [1.807, 2.05) is 31.2 Å². The zero-order valence-electron chi connectivity index (χ0n) is 13.8. The number of hydrogen-bond donors (Lipinski definition) is 2. The Kier molecular flexibility index (Phi) is 5.26. The van der Waals surface area contributed by atoms with Gasteiger partial charge in [-0.15, -0.1) is 0 Å². The summed E-state index contributed by atoms with van der Waals surface area (Å²) in [4.78, 5) is 26.2. The van der Waals surface area contributed by atoms with E-state index in [2.05, 4.69) is 5.32 Å². The Balaban J connectivity index is 2.09. The van der Waals surface area contributed by atoms with Crippen molar-refractivity contribution in [1.82, 2.24) is 5.32 Å². The Bertz CT molecular complexity index is 586. The lowest BCUT2D eigenvalue weighted by Crippen LogP contribution is -2.49. The van der Waals surface area contributed by atoms with Gasteiger partial charge < -0.3 is 20.1 Å². The van der Waals surface area contributed by atoms with Gasteiger partial charge in [0.25, 0.3) is 5.91 Å². The molecule has 2 N–H and O–H groups in total. The first-order chi connectivity index (χ1) is 10.9. The lowest BCUT2D eigenvalue weighted by molar-refractivity contribution is -0.126. The molecule has 2 amide bonds. The maximum Gasteiger partial charge on any atom is 0.268 e. The van der Waals surface area contributed by atoms with E-state index in [4.69, 9.17) is 4.74 Å². The molecule has 6 nitrogen and oxygen atoms in total. The summed E-state index contributed by atoms with van der Waals surface area (Å²) in [5.74, 6) is 0.337. The molecule has 0 spiro atoms. The number of nitrogens with one attached hydrogen (secondary N) is 1. The predicted octanol–water partition coefficient (Wildman–Crippen LogP) is 1.47. The quantitative estimate of drug-likeness (QED) is 0.832. The maximum atomic E-state index is 12.5. The van der Waals surface area contributed by atoms with Crippen molar-refractivity contribution in [2.24, 2.45) is 0 Å². The molecule has 2 rings (SSSR count). The smallest absolute Gasteiger partial charge is 0.268 e. The summed E-state index contributed by atoms with van der Waals surface area (Å²) >= 11 is 0. The number of hydrogen-bond acceptors (Lipinski definition) is 4. The molecule has 0 bridgehead atoms. The van der Waals surface area contributed by atoms with Crippen LogP contribution >= 0.6 is 0 Å². The van der Waals surface area contributed by atoms with Gasteiger partial charge in [0.1, 0.15) is 5.75 Å². The van der Waals surface area contributed by atoms with E-state index in [1.165, 1.54) is 0 Å². The van der Waals surface area contributed by atoms with Crippen LogP contribution in [0.25, 0.3) is 0 Å². The van der Waals surface area contributed by atoms with Gasteiger partial charge in [0.15, 0.2) is 6.10 Å². The number of aliphatic hydroxyl groups excluding tert-OH is 1. The second-order valence-corrected chi connectivity index (χ2v) is 6.31. The van der Waals surface area contributed by atoms with Gasteiger partial charge in [-0.05, 0) is 32.4 Å². The van der Waals surface area contributed by atoms with Gasteiger partial charge in [0, 0.05) is 13.0 Å². The van der Waals surface area contributed by atoms with Crippen LogP contribution in [0.1, 0.15) is 33.6 Å². The molecule has 1 unspecified atom stereocenters. The fourth-order valence-electron chi connectivity index (χ4n) is 2.46. The Hall–Kier alpha value is -2.08. The lowest BCUT2D eigenvalue weighted by atomic mass is 10.1. The molecule has 1 heterocycles. The minimum absolute atomic E-state index is 0.125. The summed E-state index contributed by atoms with van der Waals surface area (Å²) in [6.45, 7) is 5.52. The number of carbonyl (C=O) groups is 2. The highest BCUT2D eigenvalue weighted by Crippen LogP contribution is 2.34. The standard InChI is InChI=1S/C17H24N2O4/c1-4-13-16(22)19(12-7-5-6-8-14(12)23-13)10-9-15(21)18-17(2,3)11-20/h5-8,13,20H,4,9-11H2,1-3H3,(H,18,21). The topological polar surface area (TPSA) is 78.9 Å². The molecule has 126 valence electrons. The number of aliphatic hydroxyl groups is 1. The van der Waals surface area contributed by atoms with E-state index in [1.54, 1.807) is 18.7 Å². The first-order valence-corrected chi connectivity index (χ1v) is 7.87. The number of rotatable bonds is 6. The average molecular weight is 320 g/mol. The first-order valence-electron chi connectivity index (χ1n) is 7.87. The summed E-state index contributed by atoms with van der Waals surface area (Å²) in [6.07, 6.45) is 0.231. The largest absolute Gasteiger partial charge is 0.478 e. The van der Waals surface area contributed by atoms with E-state index in [9.17, 15) is 14.7 Å². The van der Waals surface area contributed by atoms with Crippen molar-refractivity contribution in [1.29, 1.82) is 0 Å². The number of anilines is 1. The Morgan fingerprint density at radius 2 is 2.09 bits per heavy atom. The summed E-state index contributed by atoms with van der Waals surface area (Å²) in [5.41, 5.74) is 0.0205. The number of amides is 2. The normalized spacial score (nSPS) is 17.5. The predicted molar refractivity (Wildman–Crippen MR) is 87.4 cm³/mol. The fourth-order valence-corrected chi connectivity index (χ4v) is 2.46. The summed E-state index contributed by atoms with van der Waals surface area (Å²) in [6, 6.07) is 7.33. The van der Waals surface area contributed by atoms with Gasteiger partial charge in [-0.25, -0.2) is 0 Å². The van der Waals surface area contributed by atoms with Crippen molar-refractivity contribution < 1.29 is 19.4 Å². The van der Waals surface area contributed by atoms with Gasteiger partial charge in [0.2, 0.25) is 5.91 Å². The minimum atomic E-state index is -0.671. The van der Waals surface area contributed by atoms with Crippen LogP contribution in [-0.4, -0.2) is 41.7 Å². The molecule has 1 aromatic rings. The second kappa shape index (κ2) is 7.00. The molecule has 0 fully saturated rings. The number of benzene rings is 1. The summed E-state index contributed by atoms with van der Waals surface area (Å²) in [5, 5.41) is 12.0. The molecular weight excluding hydrogens is 296 g/mol. The van der Waals surface area contributed by atoms with Gasteiger partial charge in [0.05, 0.1) is 17.8 Å². The van der Waals surface area contributed by atoms with Crippen LogP contribution in [0.2, 0.25) is 0 Å².